The Kier molecular flexibility index (Phi) is 3.15. The summed E-state index contributed by atoms with van der Waals surface area (Å²) in [6.45, 7) is 8.07. The van der Waals surface area contributed by atoms with Crippen molar-refractivity contribution in [3.8, 4) is 0 Å². The van der Waals surface area contributed by atoms with Crippen molar-refractivity contribution >= 4 is 17.3 Å². The lowest BCUT2D eigenvalue weighted by Gasteiger charge is -2.35. The standard InChI is InChI=1S/C13H20O5S/c1-12(2)14-6-8(17-12)10-11-7(5-9(19)15-10)16-13(3,4)18-11/h7-8,10-11H,5-6H2,1-4H3/t7-,8+,10-,11-/m0/s1. The minimum absolute atomic E-state index is 0.0615. The molecule has 0 unspecified atom stereocenters. The van der Waals surface area contributed by atoms with Gasteiger partial charge in [0.05, 0.1) is 12.7 Å². The van der Waals surface area contributed by atoms with Crippen molar-refractivity contribution in [2.45, 2.75) is 70.1 Å². The Morgan fingerprint density at radius 3 is 2.26 bits per heavy atom. The first-order valence-electron chi connectivity index (χ1n) is 6.63. The fourth-order valence-corrected chi connectivity index (χ4v) is 3.17. The molecule has 5 nitrogen and oxygen atoms in total. The van der Waals surface area contributed by atoms with Crippen LogP contribution >= 0.6 is 12.2 Å². The Morgan fingerprint density at radius 1 is 0.947 bits per heavy atom. The molecule has 3 aliphatic heterocycles. The van der Waals surface area contributed by atoms with Gasteiger partial charge in [0.2, 0.25) is 0 Å². The second-order valence-corrected chi connectivity index (χ2v) is 6.62. The van der Waals surface area contributed by atoms with Crippen molar-refractivity contribution in [2.24, 2.45) is 0 Å². The summed E-state index contributed by atoms with van der Waals surface area (Å²) >= 11 is 5.22. The van der Waals surface area contributed by atoms with Gasteiger partial charge in [0.15, 0.2) is 22.7 Å². The lowest BCUT2D eigenvalue weighted by molar-refractivity contribution is -0.175. The molecule has 19 heavy (non-hydrogen) atoms. The Labute approximate surface area is 118 Å². The number of thiocarbonyl (C=S) groups is 1. The zero-order valence-electron chi connectivity index (χ0n) is 11.7. The first kappa shape index (κ1) is 13.7. The molecule has 3 heterocycles. The van der Waals surface area contributed by atoms with E-state index < -0.39 is 11.6 Å². The average molecular weight is 288 g/mol. The maximum atomic E-state index is 5.95. The van der Waals surface area contributed by atoms with Crippen molar-refractivity contribution < 1.29 is 23.7 Å². The van der Waals surface area contributed by atoms with Gasteiger partial charge >= 0.3 is 0 Å². The first-order chi connectivity index (χ1) is 8.76. The number of fused-ring (bicyclic) bond motifs is 1. The van der Waals surface area contributed by atoms with Crippen molar-refractivity contribution in [1.82, 2.24) is 0 Å². The molecule has 0 radical (unpaired) electrons. The molecular weight excluding hydrogens is 268 g/mol. The van der Waals surface area contributed by atoms with E-state index in [1.54, 1.807) is 0 Å². The maximum absolute atomic E-state index is 5.95. The van der Waals surface area contributed by atoms with Crippen LogP contribution in [-0.2, 0) is 23.7 Å². The van der Waals surface area contributed by atoms with Crippen molar-refractivity contribution in [3.05, 3.63) is 0 Å². The van der Waals surface area contributed by atoms with Gasteiger partial charge in [0, 0.05) is 6.42 Å². The zero-order valence-corrected chi connectivity index (χ0v) is 12.5. The summed E-state index contributed by atoms with van der Waals surface area (Å²) in [4.78, 5) is 0. The summed E-state index contributed by atoms with van der Waals surface area (Å²) in [6.07, 6.45) is -0.0810. The van der Waals surface area contributed by atoms with Crippen LogP contribution in [0.1, 0.15) is 34.1 Å². The molecule has 3 saturated heterocycles. The van der Waals surface area contributed by atoms with Gasteiger partial charge in [-0.2, -0.15) is 0 Å². The van der Waals surface area contributed by atoms with Gasteiger partial charge in [-0.25, -0.2) is 0 Å². The van der Waals surface area contributed by atoms with Gasteiger partial charge in [-0.3, -0.25) is 0 Å². The summed E-state index contributed by atoms with van der Waals surface area (Å²) in [5.41, 5.74) is 0. The van der Waals surface area contributed by atoms with Gasteiger partial charge in [-0.15, -0.1) is 0 Å². The van der Waals surface area contributed by atoms with Crippen LogP contribution in [0.3, 0.4) is 0 Å². The van der Waals surface area contributed by atoms with Crippen molar-refractivity contribution in [2.75, 3.05) is 6.61 Å². The topological polar surface area (TPSA) is 46.2 Å². The Bertz CT molecular complexity index is 394. The van der Waals surface area contributed by atoms with E-state index in [0.29, 0.717) is 18.1 Å². The highest BCUT2D eigenvalue weighted by Gasteiger charge is 2.54. The molecule has 0 N–H and O–H groups in total. The van der Waals surface area contributed by atoms with Crippen LogP contribution in [0.5, 0.6) is 0 Å². The molecule has 0 spiro atoms. The van der Waals surface area contributed by atoms with E-state index in [1.807, 2.05) is 27.7 Å². The Balaban J connectivity index is 1.78. The van der Waals surface area contributed by atoms with Crippen LogP contribution < -0.4 is 0 Å². The third-order valence-corrected chi connectivity index (χ3v) is 3.84. The molecule has 0 saturated carbocycles. The van der Waals surface area contributed by atoms with Crippen molar-refractivity contribution in [1.29, 1.82) is 0 Å². The van der Waals surface area contributed by atoms with Crippen LogP contribution in [0.25, 0.3) is 0 Å². The second kappa shape index (κ2) is 4.36. The van der Waals surface area contributed by atoms with E-state index in [1.165, 1.54) is 0 Å². The van der Waals surface area contributed by atoms with E-state index in [-0.39, 0.29) is 24.4 Å². The molecule has 3 fully saturated rings. The third-order valence-electron chi connectivity index (χ3n) is 3.58. The molecule has 3 rings (SSSR count). The Morgan fingerprint density at radius 2 is 1.63 bits per heavy atom. The van der Waals surface area contributed by atoms with Gasteiger partial charge < -0.3 is 23.7 Å². The molecule has 3 aliphatic rings. The molecule has 108 valence electrons. The smallest absolute Gasteiger partial charge is 0.163 e. The molecule has 0 aromatic carbocycles. The fraction of sp³-hybridized carbons (Fsp3) is 0.923. The Hall–Kier alpha value is -0.270. The highest BCUT2D eigenvalue weighted by Crippen LogP contribution is 2.39. The zero-order chi connectivity index (χ0) is 13.8. The van der Waals surface area contributed by atoms with Gasteiger partial charge in [-0.1, -0.05) is 0 Å². The fourth-order valence-electron chi connectivity index (χ4n) is 2.90. The molecule has 6 heteroatoms. The quantitative estimate of drug-likeness (QED) is 0.685. The maximum Gasteiger partial charge on any atom is 0.163 e. The normalized spacial score (nSPS) is 43.9. The largest absolute Gasteiger partial charge is 0.478 e. The molecule has 0 aliphatic carbocycles. The lowest BCUT2D eigenvalue weighted by atomic mass is 9.98. The predicted octanol–water partition coefficient (Wildman–Crippen LogP) is 1.77. The minimum Gasteiger partial charge on any atom is -0.478 e. The summed E-state index contributed by atoms with van der Waals surface area (Å²) in [5, 5.41) is 0.556. The van der Waals surface area contributed by atoms with E-state index in [9.17, 15) is 0 Å². The first-order valence-corrected chi connectivity index (χ1v) is 7.03. The number of ether oxygens (including phenoxy) is 5. The monoisotopic (exact) mass is 288 g/mol. The van der Waals surface area contributed by atoms with Crippen LogP contribution in [0.2, 0.25) is 0 Å². The summed E-state index contributed by atoms with van der Waals surface area (Å²) in [7, 11) is 0. The van der Waals surface area contributed by atoms with Crippen LogP contribution in [-0.4, -0.2) is 47.6 Å². The molecule has 0 aromatic rings. The summed E-state index contributed by atoms with van der Waals surface area (Å²) in [6, 6.07) is 0. The van der Waals surface area contributed by atoms with E-state index >= 15 is 0 Å². The van der Waals surface area contributed by atoms with Gasteiger partial charge in [0.25, 0.3) is 0 Å². The van der Waals surface area contributed by atoms with Crippen molar-refractivity contribution in [3.63, 3.8) is 0 Å². The highest BCUT2D eigenvalue weighted by molar-refractivity contribution is 7.80. The minimum atomic E-state index is -0.605. The van der Waals surface area contributed by atoms with Crippen LogP contribution in [0.15, 0.2) is 0 Å². The van der Waals surface area contributed by atoms with E-state index in [4.69, 9.17) is 35.9 Å². The summed E-state index contributed by atoms with van der Waals surface area (Å²) < 4.78 is 29.1. The number of hydrogen-bond donors (Lipinski definition) is 0. The second-order valence-electron chi connectivity index (χ2n) is 6.16. The molecule has 0 bridgehead atoms. The van der Waals surface area contributed by atoms with Crippen LogP contribution in [0, 0.1) is 0 Å². The lowest BCUT2D eigenvalue weighted by Crippen LogP contribution is -2.51. The van der Waals surface area contributed by atoms with Crippen LogP contribution in [0.4, 0.5) is 0 Å². The number of hydrogen-bond acceptors (Lipinski definition) is 6. The van der Waals surface area contributed by atoms with E-state index in [0.717, 1.165) is 0 Å². The van der Waals surface area contributed by atoms with E-state index in [2.05, 4.69) is 0 Å². The predicted molar refractivity (Wildman–Crippen MR) is 70.8 cm³/mol. The SMILES string of the molecule is CC1(C)O[C@@H]2[C@H]([C@H]3COC(C)(C)O3)OC(=S)C[C@@H]2O1. The third kappa shape index (κ3) is 2.64. The average Bonchev–Trinajstić information content (AvgIpc) is 2.75. The summed E-state index contributed by atoms with van der Waals surface area (Å²) in [5.74, 6) is -1.19. The van der Waals surface area contributed by atoms with Gasteiger partial charge in [0.1, 0.15) is 12.2 Å². The molecule has 0 aromatic heterocycles. The highest BCUT2D eigenvalue weighted by atomic mass is 32.1. The molecule has 4 atom stereocenters. The molecule has 0 amide bonds. The number of rotatable bonds is 1. The molecular formula is C13H20O5S. The van der Waals surface area contributed by atoms with Gasteiger partial charge in [-0.05, 0) is 39.9 Å².